The van der Waals surface area contributed by atoms with Crippen LogP contribution >= 0.6 is 0 Å². The Balaban J connectivity index is 3.78. The molecule has 0 fully saturated rings. The first-order chi connectivity index (χ1) is 10.3. The molecule has 7 heteroatoms. The number of methoxy groups -OCH3 is 1. The van der Waals surface area contributed by atoms with Crippen LogP contribution in [-0.4, -0.2) is 57.5 Å². The van der Waals surface area contributed by atoms with Gasteiger partial charge >= 0.3 is 6.09 Å². The quantitative estimate of drug-likeness (QED) is 0.524. The molecule has 0 bridgehead atoms. The third-order valence-electron chi connectivity index (χ3n) is 2.86. The second-order valence-electron chi connectivity index (χ2n) is 6.05. The molecule has 0 spiro atoms. The molecular weight excluding hydrogens is 286 g/mol. The zero-order chi connectivity index (χ0) is 17.0. The first-order valence-corrected chi connectivity index (χ1v) is 7.71. The van der Waals surface area contributed by atoms with E-state index in [9.17, 15) is 9.59 Å². The minimum absolute atomic E-state index is 0.0281. The predicted octanol–water partition coefficient (Wildman–Crippen LogP) is 1.03. The summed E-state index contributed by atoms with van der Waals surface area (Å²) in [6.45, 7) is 7.03. The summed E-state index contributed by atoms with van der Waals surface area (Å²) >= 11 is 0. The summed E-state index contributed by atoms with van der Waals surface area (Å²) in [6, 6.07) is -0.224. The molecule has 0 aliphatic heterocycles. The van der Waals surface area contributed by atoms with Crippen molar-refractivity contribution >= 4 is 12.0 Å². The molecule has 0 aromatic rings. The van der Waals surface area contributed by atoms with Crippen LogP contribution in [-0.2, 0) is 14.3 Å². The Morgan fingerprint density at radius 2 is 1.77 bits per heavy atom. The molecule has 0 saturated heterocycles. The van der Waals surface area contributed by atoms with E-state index in [0.29, 0.717) is 26.1 Å². The van der Waals surface area contributed by atoms with Crippen molar-refractivity contribution in [1.82, 2.24) is 16.0 Å². The Morgan fingerprint density at radius 3 is 2.32 bits per heavy atom. The minimum Gasteiger partial charge on any atom is -0.444 e. The van der Waals surface area contributed by atoms with Gasteiger partial charge in [0.05, 0.1) is 12.6 Å². The maximum absolute atomic E-state index is 11.9. The van der Waals surface area contributed by atoms with E-state index in [1.54, 1.807) is 14.2 Å². The summed E-state index contributed by atoms with van der Waals surface area (Å²) in [7, 11) is 3.36. The van der Waals surface area contributed by atoms with Crippen LogP contribution in [0.3, 0.4) is 0 Å². The normalized spacial score (nSPS) is 12.6. The highest BCUT2D eigenvalue weighted by Gasteiger charge is 2.16. The average molecular weight is 317 g/mol. The summed E-state index contributed by atoms with van der Waals surface area (Å²) < 4.78 is 10.0. The van der Waals surface area contributed by atoms with Gasteiger partial charge in [0, 0.05) is 20.2 Å². The molecule has 0 unspecified atom stereocenters. The Hall–Kier alpha value is -1.34. The van der Waals surface area contributed by atoms with E-state index in [2.05, 4.69) is 16.0 Å². The van der Waals surface area contributed by atoms with E-state index in [4.69, 9.17) is 9.47 Å². The highest BCUT2D eigenvalue weighted by Crippen LogP contribution is 2.06. The zero-order valence-electron chi connectivity index (χ0n) is 14.5. The largest absolute Gasteiger partial charge is 0.444 e. The third kappa shape index (κ3) is 11.3. The summed E-state index contributed by atoms with van der Waals surface area (Å²) in [5.74, 6) is -0.0281. The second kappa shape index (κ2) is 11.3. The minimum atomic E-state index is -0.485. The zero-order valence-corrected chi connectivity index (χ0v) is 14.5. The molecule has 3 N–H and O–H groups in total. The summed E-state index contributed by atoms with van der Waals surface area (Å²) in [5, 5.41) is 8.50. The van der Waals surface area contributed by atoms with E-state index in [0.717, 1.165) is 12.8 Å². The van der Waals surface area contributed by atoms with Crippen LogP contribution in [0.5, 0.6) is 0 Å². The molecule has 0 heterocycles. The number of carbonyl (C=O) groups is 2. The van der Waals surface area contributed by atoms with Crippen molar-refractivity contribution in [3.05, 3.63) is 0 Å². The van der Waals surface area contributed by atoms with Crippen molar-refractivity contribution in [2.75, 3.05) is 33.9 Å². The Bertz CT molecular complexity index is 329. The van der Waals surface area contributed by atoms with E-state index >= 15 is 0 Å². The average Bonchev–Trinajstić information content (AvgIpc) is 2.41. The standard InChI is InChI=1S/C15H31N3O4/c1-15(2,3)22-14(20)18-9-7-6-8-12(16-4)13(19)17-10-11-21-5/h12,16H,6-11H2,1-5H3,(H,17,19)(H,18,20)/t12-/m0/s1. The first kappa shape index (κ1) is 20.7. The molecule has 0 radical (unpaired) electrons. The molecule has 0 aliphatic carbocycles. The third-order valence-corrected chi connectivity index (χ3v) is 2.86. The highest BCUT2D eigenvalue weighted by atomic mass is 16.6. The van der Waals surface area contributed by atoms with Crippen LogP contribution in [0, 0.1) is 0 Å². The first-order valence-electron chi connectivity index (χ1n) is 7.71. The lowest BCUT2D eigenvalue weighted by Gasteiger charge is -2.20. The molecule has 1 atom stereocenters. The fraction of sp³-hybridized carbons (Fsp3) is 0.867. The van der Waals surface area contributed by atoms with Crippen LogP contribution < -0.4 is 16.0 Å². The van der Waals surface area contributed by atoms with Crippen LogP contribution in [0.15, 0.2) is 0 Å². The fourth-order valence-electron chi connectivity index (χ4n) is 1.78. The number of amides is 2. The number of hydrogen-bond acceptors (Lipinski definition) is 5. The van der Waals surface area contributed by atoms with Gasteiger partial charge in [-0.05, 0) is 47.1 Å². The van der Waals surface area contributed by atoms with Crippen LogP contribution in [0.25, 0.3) is 0 Å². The predicted molar refractivity (Wildman–Crippen MR) is 85.8 cm³/mol. The van der Waals surface area contributed by atoms with Crippen molar-refractivity contribution in [2.45, 2.75) is 51.7 Å². The SMILES string of the molecule is CN[C@@H](CCCCNC(=O)OC(C)(C)C)C(=O)NCCOC. The van der Waals surface area contributed by atoms with E-state index in [1.165, 1.54) is 0 Å². The van der Waals surface area contributed by atoms with Crippen molar-refractivity contribution in [3.8, 4) is 0 Å². The summed E-state index contributed by atoms with van der Waals surface area (Å²) in [5.41, 5.74) is -0.485. The monoisotopic (exact) mass is 317 g/mol. The lowest BCUT2D eigenvalue weighted by Crippen LogP contribution is -2.43. The molecule has 130 valence electrons. The second-order valence-corrected chi connectivity index (χ2v) is 6.05. The van der Waals surface area contributed by atoms with Gasteiger partial charge in [-0.3, -0.25) is 4.79 Å². The van der Waals surface area contributed by atoms with Crippen LogP contribution in [0.2, 0.25) is 0 Å². The number of nitrogens with one attached hydrogen (secondary N) is 3. The Morgan fingerprint density at radius 1 is 1.09 bits per heavy atom. The molecule has 0 rings (SSSR count). The van der Waals surface area contributed by atoms with Crippen molar-refractivity contribution in [3.63, 3.8) is 0 Å². The number of alkyl carbamates (subject to hydrolysis) is 1. The maximum Gasteiger partial charge on any atom is 0.407 e. The van der Waals surface area contributed by atoms with E-state index < -0.39 is 11.7 Å². The number of carbonyl (C=O) groups excluding carboxylic acids is 2. The van der Waals surface area contributed by atoms with Gasteiger partial charge in [-0.1, -0.05) is 0 Å². The molecule has 7 nitrogen and oxygen atoms in total. The van der Waals surface area contributed by atoms with Gasteiger partial charge in [0.2, 0.25) is 5.91 Å². The van der Waals surface area contributed by atoms with Gasteiger partial charge in [0.25, 0.3) is 0 Å². The molecule has 0 aromatic heterocycles. The number of rotatable bonds is 10. The molecule has 0 saturated carbocycles. The van der Waals surface area contributed by atoms with Gasteiger partial charge in [-0.15, -0.1) is 0 Å². The van der Waals surface area contributed by atoms with Gasteiger partial charge in [-0.2, -0.15) is 0 Å². The Kier molecular flexibility index (Phi) is 10.6. The molecule has 2 amide bonds. The van der Waals surface area contributed by atoms with Gasteiger partial charge in [-0.25, -0.2) is 4.79 Å². The van der Waals surface area contributed by atoms with Crippen molar-refractivity contribution in [1.29, 1.82) is 0 Å². The fourth-order valence-corrected chi connectivity index (χ4v) is 1.78. The van der Waals surface area contributed by atoms with Crippen LogP contribution in [0.1, 0.15) is 40.0 Å². The summed E-state index contributed by atoms with van der Waals surface area (Å²) in [6.07, 6.45) is 1.93. The van der Waals surface area contributed by atoms with E-state index in [-0.39, 0.29) is 11.9 Å². The number of unbranched alkanes of at least 4 members (excludes halogenated alkanes) is 1. The lowest BCUT2D eigenvalue weighted by molar-refractivity contribution is -0.123. The molecular formula is C15H31N3O4. The molecule has 0 aliphatic rings. The van der Waals surface area contributed by atoms with Gasteiger partial charge < -0.3 is 25.4 Å². The summed E-state index contributed by atoms with van der Waals surface area (Å²) in [4.78, 5) is 23.3. The highest BCUT2D eigenvalue weighted by molar-refractivity contribution is 5.81. The number of hydrogen-bond donors (Lipinski definition) is 3. The topological polar surface area (TPSA) is 88.7 Å². The van der Waals surface area contributed by atoms with Gasteiger partial charge in [0.15, 0.2) is 0 Å². The van der Waals surface area contributed by atoms with Gasteiger partial charge in [0.1, 0.15) is 5.60 Å². The molecule has 0 aromatic carbocycles. The van der Waals surface area contributed by atoms with Crippen LogP contribution in [0.4, 0.5) is 4.79 Å². The molecule has 22 heavy (non-hydrogen) atoms. The van der Waals surface area contributed by atoms with Crippen molar-refractivity contribution in [2.24, 2.45) is 0 Å². The lowest BCUT2D eigenvalue weighted by atomic mass is 10.1. The van der Waals surface area contributed by atoms with E-state index in [1.807, 2.05) is 20.8 Å². The number of likely N-dealkylation sites (N-methyl/N-ethyl adjacent to an activating group) is 1. The smallest absolute Gasteiger partial charge is 0.407 e. The maximum atomic E-state index is 11.9. The Labute approximate surface area is 133 Å². The van der Waals surface area contributed by atoms with Crippen molar-refractivity contribution < 1.29 is 19.1 Å². The number of ether oxygens (including phenoxy) is 2.